The third kappa shape index (κ3) is 2.52. The summed E-state index contributed by atoms with van der Waals surface area (Å²) in [6, 6.07) is 0. The van der Waals surface area contributed by atoms with Crippen LogP contribution in [0.3, 0.4) is 0 Å². The van der Waals surface area contributed by atoms with Crippen LogP contribution in [0, 0.1) is 0 Å². The molecule has 4 heterocycles. The summed E-state index contributed by atoms with van der Waals surface area (Å²) in [5.74, 6) is -0.0313. The van der Waals surface area contributed by atoms with Crippen LogP contribution in [0.1, 0.15) is 35.1 Å². The van der Waals surface area contributed by atoms with E-state index in [0.717, 1.165) is 30.6 Å². The van der Waals surface area contributed by atoms with Gasteiger partial charge in [-0.25, -0.2) is 9.97 Å². The third-order valence-corrected chi connectivity index (χ3v) is 4.77. The first kappa shape index (κ1) is 15.1. The molecule has 0 atom stereocenters. The summed E-state index contributed by atoms with van der Waals surface area (Å²) in [5, 5.41) is 6.51. The van der Waals surface area contributed by atoms with E-state index in [4.69, 9.17) is 9.52 Å². The van der Waals surface area contributed by atoms with Crippen LogP contribution in [0.2, 0.25) is 0 Å². The smallest absolute Gasteiger partial charge is 0.273 e. The van der Waals surface area contributed by atoms with Gasteiger partial charge in [-0.2, -0.15) is 5.10 Å². The van der Waals surface area contributed by atoms with Crippen molar-refractivity contribution < 1.29 is 9.21 Å². The van der Waals surface area contributed by atoms with Gasteiger partial charge in [0.15, 0.2) is 6.39 Å². The van der Waals surface area contributed by atoms with Gasteiger partial charge in [-0.15, -0.1) is 11.3 Å². The van der Waals surface area contributed by atoms with Crippen LogP contribution in [-0.4, -0.2) is 37.1 Å². The van der Waals surface area contributed by atoms with Crippen LogP contribution in [0.15, 0.2) is 28.0 Å². The molecule has 0 bridgehead atoms. The topological polar surface area (TPSA) is 77.0 Å². The Kier molecular flexibility index (Phi) is 3.89. The second-order valence-electron chi connectivity index (χ2n) is 5.72. The van der Waals surface area contributed by atoms with Crippen molar-refractivity contribution >= 4 is 17.2 Å². The Bertz CT molecular complexity index is 838. The number of thiazole rings is 1. The Labute approximate surface area is 142 Å². The minimum Gasteiger partial charge on any atom is -0.451 e. The van der Waals surface area contributed by atoms with E-state index in [1.807, 2.05) is 9.58 Å². The monoisotopic (exact) mass is 343 g/mol. The fourth-order valence-corrected chi connectivity index (χ4v) is 3.60. The summed E-state index contributed by atoms with van der Waals surface area (Å²) in [4.78, 5) is 22.8. The third-order valence-electron chi connectivity index (χ3n) is 4.18. The Balaban J connectivity index is 1.70. The van der Waals surface area contributed by atoms with E-state index in [2.05, 4.69) is 16.9 Å². The summed E-state index contributed by atoms with van der Waals surface area (Å²) in [6.07, 6.45) is 4.80. The molecule has 1 aliphatic heterocycles. The first-order chi connectivity index (χ1) is 11.8. The molecule has 0 aliphatic carbocycles. The average molecular weight is 343 g/mol. The molecular formula is C16H17N5O2S. The van der Waals surface area contributed by atoms with Gasteiger partial charge in [-0.3, -0.25) is 9.48 Å². The first-order valence-corrected chi connectivity index (χ1v) is 8.86. The molecular weight excluding hydrogens is 326 g/mol. The largest absolute Gasteiger partial charge is 0.451 e. The second-order valence-corrected chi connectivity index (χ2v) is 6.44. The summed E-state index contributed by atoms with van der Waals surface area (Å²) in [5.41, 5.74) is 5.96. The Morgan fingerprint density at radius 1 is 1.42 bits per heavy atom. The lowest BCUT2D eigenvalue weighted by Crippen LogP contribution is -2.36. The molecule has 0 aromatic carbocycles. The number of aromatic nitrogens is 4. The maximum Gasteiger partial charge on any atom is 0.273 e. The molecule has 0 spiro atoms. The number of amides is 1. The van der Waals surface area contributed by atoms with Gasteiger partial charge < -0.3 is 9.32 Å². The van der Waals surface area contributed by atoms with E-state index in [0.29, 0.717) is 24.5 Å². The van der Waals surface area contributed by atoms with Gasteiger partial charge in [0.25, 0.3) is 5.91 Å². The second kappa shape index (κ2) is 6.20. The minimum atomic E-state index is -0.0313. The fourth-order valence-electron chi connectivity index (χ4n) is 3.08. The molecule has 4 rings (SSSR count). The van der Waals surface area contributed by atoms with Crippen LogP contribution < -0.4 is 0 Å². The lowest BCUT2D eigenvalue weighted by atomic mass is 10.0. The molecule has 0 saturated carbocycles. The Morgan fingerprint density at radius 2 is 2.33 bits per heavy atom. The van der Waals surface area contributed by atoms with Gasteiger partial charge >= 0.3 is 0 Å². The summed E-state index contributed by atoms with van der Waals surface area (Å²) < 4.78 is 7.16. The lowest BCUT2D eigenvalue weighted by Gasteiger charge is -2.27. The molecule has 0 N–H and O–H groups in total. The first-order valence-electron chi connectivity index (χ1n) is 7.92. The molecule has 1 aliphatic rings. The lowest BCUT2D eigenvalue weighted by molar-refractivity contribution is 0.0728. The Hall–Kier alpha value is -2.48. The maximum absolute atomic E-state index is 12.6. The summed E-state index contributed by atoms with van der Waals surface area (Å²) in [7, 11) is 0. The van der Waals surface area contributed by atoms with Crippen LogP contribution >= 0.6 is 11.3 Å². The van der Waals surface area contributed by atoms with Gasteiger partial charge in [0.2, 0.25) is 0 Å². The Morgan fingerprint density at radius 3 is 3.04 bits per heavy atom. The molecule has 8 heteroatoms. The van der Waals surface area contributed by atoms with Crippen LogP contribution in [0.5, 0.6) is 0 Å². The van der Waals surface area contributed by atoms with Crippen molar-refractivity contribution in [3.8, 4) is 11.4 Å². The highest BCUT2D eigenvalue weighted by molar-refractivity contribution is 7.07. The maximum atomic E-state index is 12.6. The van der Waals surface area contributed by atoms with Crippen molar-refractivity contribution in [2.24, 2.45) is 0 Å². The number of hydrogen-bond donors (Lipinski definition) is 0. The molecule has 0 saturated heterocycles. The van der Waals surface area contributed by atoms with Crippen molar-refractivity contribution in [1.29, 1.82) is 0 Å². The highest BCUT2D eigenvalue weighted by Crippen LogP contribution is 2.30. The van der Waals surface area contributed by atoms with Gasteiger partial charge in [0.05, 0.1) is 12.1 Å². The zero-order chi connectivity index (χ0) is 16.5. The number of oxazole rings is 1. The van der Waals surface area contributed by atoms with Crippen LogP contribution in [-0.2, 0) is 19.5 Å². The minimum absolute atomic E-state index is 0.0313. The van der Waals surface area contributed by atoms with Gasteiger partial charge in [0, 0.05) is 36.1 Å². The molecule has 124 valence electrons. The predicted molar refractivity (Wildman–Crippen MR) is 88.6 cm³/mol. The average Bonchev–Trinajstić information content (AvgIpc) is 3.35. The fraction of sp³-hybridized carbons (Fsp3) is 0.375. The molecule has 24 heavy (non-hydrogen) atoms. The molecule has 3 aromatic rings. The quantitative estimate of drug-likeness (QED) is 0.728. The van der Waals surface area contributed by atoms with Gasteiger partial charge in [-0.1, -0.05) is 6.92 Å². The number of carbonyl (C=O) groups excluding carboxylic acids is 1. The number of fused-ring (bicyclic) bond motifs is 1. The van der Waals surface area contributed by atoms with Crippen molar-refractivity contribution in [3.05, 3.63) is 40.5 Å². The molecule has 3 aromatic heterocycles. The number of nitrogens with zero attached hydrogens (tertiary/aromatic N) is 5. The zero-order valence-electron chi connectivity index (χ0n) is 13.3. The SMILES string of the molecule is CCCn1nc(-c2cocn2)c2c1CCN(C(=O)c1cscn1)C2. The van der Waals surface area contributed by atoms with Crippen molar-refractivity contribution in [1.82, 2.24) is 24.6 Å². The number of aryl methyl sites for hydroxylation is 1. The van der Waals surface area contributed by atoms with Crippen molar-refractivity contribution in [2.75, 3.05) is 6.54 Å². The molecule has 1 amide bonds. The van der Waals surface area contributed by atoms with E-state index < -0.39 is 0 Å². The van der Waals surface area contributed by atoms with E-state index in [1.165, 1.54) is 23.4 Å². The van der Waals surface area contributed by atoms with Crippen molar-refractivity contribution in [2.45, 2.75) is 32.9 Å². The van der Waals surface area contributed by atoms with E-state index in [-0.39, 0.29) is 5.91 Å². The van der Waals surface area contributed by atoms with Crippen molar-refractivity contribution in [3.63, 3.8) is 0 Å². The number of rotatable bonds is 4. The van der Waals surface area contributed by atoms with E-state index in [1.54, 1.807) is 17.2 Å². The van der Waals surface area contributed by atoms with Crippen LogP contribution in [0.25, 0.3) is 11.4 Å². The number of hydrogen-bond acceptors (Lipinski definition) is 6. The predicted octanol–water partition coefficient (Wildman–Crippen LogP) is 2.60. The summed E-state index contributed by atoms with van der Waals surface area (Å²) in [6.45, 7) is 4.19. The summed E-state index contributed by atoms with van der Waals surface area (Å²) >= 11 is 1.43. The molecule has 7 nitrogen and oxygen atoms in total. The molecule has 0 unspecified atom stereocenters. The normalized spacial score (nSPS) is 14.0. The molecule has 0 radical (unpaired) electrons. The zero-order valence-corrected chi connectivity index (χ0v) is 14.1. The molecule has 0 fully saturated rings. The highest BCUT2D eigenvalue weighted by atomic mass is 32.1. The standard InChI is InChI=1S/C16H17N5O2S/c1-2-4-21-14-3-5-20(16(22)13-8-24-10-18-13)6-11(14)15(19-21)12-7-23-9-17-12/h7-10H,2-6H2,1H3. The highest BCUT2D eigenvalue weighted by Gasteiger charge is 2.29. The van der Waals surface area contributed by atoms with Gasteiger partial charge in [-0.05, 0) is 6.42 Å². The van der Waals surface area contributed by atoms with Gasteiger partial charge in [0.1, 0.15) is 23.3 Å². The number of carbonyl (C=O) groups is 1. The van der Waals surface area contributed by atoms with Crippen LogP contribution in [0.4, 0.5) is 0 Å². The van der Waals surface area contributed by atoms with E-state index in [9.17, 15) is 4.79 Å². The van der Waals surface area contributed by atoms with E-state index >= 15 is 0 Å².